The Morgan fingerprint density at radius 2 is 0.838 bits per heavy atom. The maximum Gasteiger partial charge on any atom is 0.326 e. The summed E-state index contributed by atoms with van der Waals surface area (Å²) in [5.74, 6) is -7.22. The van der Waals surface area contributed by atoms with Crippen molar-refractivity contribution < 1.29 is 58.8 Å². The number of aromatic hydroxyl groups is 2. The summed E-state index contributed by atoms with van der Waals surface area (Å²) >= 11 is 0. The number of likely N-dealkylation sites (tertiary alicyclic amines) is 2. The standard InChI is InChI=1S/C56H52N6O12/c63-37-21-17-33(18-22-37)27-43(55(71)72)57-51(67)47-11-5-25-61(47)53(69)49(65)41-31-59(45-9-3-1-7-39(41)45)29-35-13-15-36(16-14-35)30-60-32-42(40-8-2-4-10-46(40)60)50(66)54(70)62-26-6-12-48(62)52(68)58-44(56(73)74)28-34-19-23-38(64)24-20-34/h1-4,7-10,13-24,31-32,43-44,47-48,63-64H,5-6,11-12,25-30H2,(H,57,67)(H,58,68)(H,71,72)(H,73,74)/t43-,44-,47-,48+/m0/s1. The largest absolute Gasteiger partial charge is 0.508 e. The van der Waals surface area contributed by atoms with Crippen LogP contribution in [-0.2, 0) is 54.7 Å². The number of nitrogens with zero attached hydrogens (tertiary/aromatic N) is 4. The summed E-state index contributed by atoms with van der Waals surface area (Å²) in [6.07, 6.45) is 4.51. The van der Waals surface area contributed by atoms with E-state index in [0.717, 1.165) is 11.1 Å². The fourth-order valence-corrected chi connectivity index (χ4v) is 9.99. The predicted molar refractivity (Wildman–Crippen MR) is 269 cm³/mol. The molecule has 9 rings (SSSR count). The van der Waals surface area contributed by atoms with Crippen molar-refractivity contribution >= 4 is 68.9 Å². The highest BCUT2D eigenvalue weighted by atomic mass is 16.4. The number of ketones is 2. The van der Waals surface area contributed by atoms with Gasteiger partial charge in [0.2, 0.25) is 11.8 Å². The second kappa shape index (κ2) is 21.3. The first-order valence-corrected chi connectivity index (χ1v) is 24.2. The Hall–Kier alpha value is -9.06. The monoisotopic (exact) mass is 1000 g/mol. The molecule has 2 fully saturated rings. The number of aromatic nitrogens is 2. The van der Waals surface area contributed by atoms with E-state index in [1.165, 1.54) is 34.1 Å². The van der Waals surface area contributed by atoms with Crippen LogP contribution >= 0.6 is 0 Å². The van der Waals surface area contributed by atoms with Gasteiger partial charge in [0.05, 0.1) is 11.1 Å². The van der Waals surface area contributed by atoms with Gasteiger partial charge in [-0.25, -0.2) is 9.59 Å². The smallest absolute Gasteiger partial charge is 0.326 e. The van der Waals surface area contributed by atoms with Crippen molar-refractivity contribution in [3.63, 3.8) is 0 Å². The molecule has 378 valence electrons. The number of benzene rings is 5. The van der Waals surface area contributed by atoms with E-state index >= 15 is 0 Å². The molecule has 4 atom stereocenters. The zero-order valence-electron chi connectivity index (χ0n) is 39.9. The van der Waals surface area contributed by atoms with Gasteiger partial charge in [-0.2, -0.15) is 0 Å². The highest BCUT2D eigenvalue weighted by molar-refractivity contribution is 6.46. The van der Waals surface area contributed by atoms with Crippen LogP contribution in [0.25, 0.3) is 21.8 Å². The van der Waals surface area contributed by atoms with E-state index in [4.69, 9.17) is 0 Å². The summed E-state index contributed by atoms with van der Waals surface area (Å²) in [5, 5.41) is 45.2. The average molecular weight is 1000 g/mol. The lowest BCUT2D eigenvalue weighted by Crippen LogP contribution is -2.52. The molecule has 2 saturated heterocycles. The Kier molecular flexibility index (Phi) is 14.4. The van der Waals surface area contributed by atoms with Crippen molar-refractivity contribution in [1.82, 2.24) is 29.6 Å². The number of phenolic OH excluding ortho intramolecular Hbond substituents is 2. The maximum absolute atomic E-state index is 14.1. The van der Waals surface area contributed by atoms with Gasteiger partial charge < -0.3 is 50.0 Å². The van der Waals surface area contributed by atoms with Crippen LogP contribution in [0.15, 0.2) is 134 Å². The van der Waals surface area contributed by atoms with Gasteiger partial charge >= 0.3 is 11.9 Å². The van der Waals surface area contributed by atoms with Gasteiger partial charge in [0.15, 0.2) is 0 Å². The molecule has 7 aromatic rings. The molecule has 18 heteroatoms. The molecular formula is C56H52N6O12. The van der Waals surface area contributed by atoms with Crippen LogP contribution in [-0.4, -0.2) is 124 Å². The Morgan fingerprint density at radius 1 is 0.486 bits per heavy atom. The fraction of sp³-hybridized carbons (Fsp3) is 0.250. The summed E-state index contributed by atoms with van der Waals surface area (Å²) in [5.41, 5.74) is 4.59. The van der Waals surface area contributed by atoms with Crippen molar-refractivity contribution in [3.8, 4) is 11.5 Å². The second-order valence-corrected chi connectivity index (χ2v) is 18.7. The van der Waals surface area contributed by atoms with Gasteiger partial charge in [0.1, 0.15) is 35.7 Å². The van der Waals surface area contributed by atoms with E-state index in [0.29, 0.717) is 58.9 Å². The van der Waals surface area contributed by atoms with Gasteiger partial charge in [-0.1, -0.05) is 84.9 Å². The van der Waals surface area contributed by atoms with Crippen molar-refractivity contribution in [2.45, 2.75) is 75.8 Å². The maximum atomic E-state index is 14.1. The number of fused-ring (bicyclic) bond motifs is 2. The lowest BCUT2D eigenvalue weighted by atomic mass is 10.0. The molecule has 2 aromatic heterocycles. The lowest BCUT2D eigenvalue weighted by Gasteiger charge is -2.25. The Labute approximate surface area is 423 Å². The van der Waals surface area contributed by atoms with E-state index in [2.05, 4.69) is 10.6 Å². The third kappa shape index (κ3) is 10.6. The Bertz CT molecular complexity index is 3110. The number of nitrogens with one attached hydrogen (secondary N) is 2. The molecule has 2 aliphatic rings. The molecule has 0 spiro atoms. The second-order valence-electron chi connectivity index (χ2n) is 18.7. The number of Topliss-reactive ketones (excluding diaryl/α,β-unsaturated/α-hetero) is 2. The normalized spacial score (nSPS) is 16.2. The molecular weight excluding hydrogens is 949 g/mol. The number of carbonyl (C=O) groups is 8. The highest BCUT2D eigenvalue weighted by Crippen LogP contribution is 2.29. The van der Waals surface area contributed by atoms with Crippen LogP contribution in [0.1, 0.15) is 68.7 Å². The van der Waals surface area contributed by atoms with E-state index < -0.39 is 71.3 Å². The minimum Gasteiger partial charge on any atom is -0.508 e. The molecule has 6 N–H and O–H groups in total. The first kappa shape index (κ1) is 49.9. The van der Waals surface area contributed by atoms with Crippen LogP contribution in [0.3, 0.4) is 0 Å². The van der Waals surface area contributed by atoms with Crippen LogP contribution in [0, 0.1) is 0 Å². The summed E-state index contributed by atoms with van der Waals surface area (Å²) in [6.45, 7) is 0.930. The number of hydrogen-bond donors (Lipinski definition) is 6. The van der Waals surface area contributed by atoms with Crippen LogP contribution in [0.2, 0.25) is 0 Å². The van der Waals surface area contributed by atoms with Crippen molar-refractivity contribution in [3.05, 3.63) is 167 Å². The van der Waals surface area contributed by atoms with Gasteiger partial charge in [-0.15, -0.1) is 0 Å². The zero-order valence-corrected chi connectivity index (χ0v) is 39.9. The molecule has 74 heavy (non-hydrogen) atoms. The highest BCUT2D eigenvalue weighted by Gasteiger charge is 2.41. The summed E-state index contributed by atoms with van der Waals surface area (Å²) < 4.78 is 3.73. The molecule has 0 aliphatic carbocycles. The minimum atomic E-state index is -1.31. The number of phenols is 2. The summed E-state index contributed by atoms with van der Waals surface area (Å²) in [7, 11) is 0. The lowest BCUT2D eigenvalue weighted by molar-refractivity contribution is -0.143. The zero-order chi connectivity index (χ0) is 52.2. The number of carboxylic acids is 2. The number of carbonyl (C=O) groups excluding carboxylic acids is 6. The number of aliphatic carboxylic acids is 2. The number of hydrogen-bond acceptors (Lipinski definition) is 10. The van der Waals surface area contributed by atoms with Gasteiger partial charge in [0, 0.05) is 73.2 Å². The third-order valence-electron chi connectivity index (χ3n) is 13.8. The summed E-state index contributed by atoms with van der Waals surface area (Å²) in [4.78, 5) is 110. The van der Waals surface area contributed by atoms with E-state index in [-0.39, 0.29) is 61.4 Å². The molecule has 0 radical (unpaired) electrons. The molecule has 18 nitrogen and oxygen atoms in total. The van der Waals surface area contributed by atoms with Gasteiger partial charge in [0.25, 0.3) is 23.4 Å². The van der Waals surface area contributed by atoms with Crippen molar-refractivity contribution in [2.75, 3.05) is 13.1 Å². The fourth-order valence-electron chi connectivity index (χ4n) is 9.99. The molecule has 5 aromatic carbocycles. The minimum absolute atomic E-state index is 0.0123. The van der Waals surface area contributed by atoms with Gasteiger partial charge in [-0.3, -0.25) is 28.8 Å². The molecule has 0 bridgehead atoms. The number of para-hydroxylation sites is 2. The van der Waals surface area contributed by atoms with Crippen molar-refractivity contribution in [1.29, 1.82) is 0 Å². The SMILES string of the molecule is O=C(C(=O)N1CCC[C@@H]1C(=O)N[C@@H](Cc1ccc(O)cc1)C(=O)O)c1cn(Cc2ccc(Cn3cc(C(=O)C(=O)N4CCC[C@H]4C(=O)N[C@@H](Cc4ccc(O)cc4)C(=O)O)c4ccccc43)cc2)c2ccccc12. The predicted octanol–water partition coefficient (Wildman–Crippen LogP) is 5.08. The van der Waals surface area contributed by atoms with E-state index in [1.54, 1.807) is 60.9 Å². The Morgan fingerprint density at radius 3 is 1.20 bits per heavy atom. The average Bonchev–Trinajstić information content (AvgIpc) is 4.23. The first-order chi connectivity index (χ1) is 35.6. The van der Waals surface area contributed by atoms with E-state index in [1.807, 2.05) is 57.7 Å². The number of rotatable bonds is 18. The van der Waals surface area contributed by atoms with Crippen LogP contribution in [0.5, 0.6) is 11.5 Å². The molecule has 4 heterocycles. The summed E-state index contributed by atoms with van der Waals surface area (Å²) in [6, 6.07) is 29.2. The molecule has 4 amide bonds. The molecule has 2 aliphatic heterocycles. The van der Waals surface area contributed by atoms with Crippen LogP contribution in [0.4, 0.5) is 0 Å². The quantitative estimate of drug-likeness (QED) is 0.0487. The number of carboxylic acid groups (broad SMARTS) is 2. The third-order valence-corrected chi connectivity index (χ3v) is 13.8. The number of amides is 4. The van der Waals surface area contributed by atoms with Crippen LogP contribution < -0.4 is 10.6 Å². The van der Waals surface area contributed by atoms with Gasteiger partial charge in [-0.05, 0) is 84.3 Å². The van der Waals surface area contributed by atoms with Crippen molar-refractivity contribution in [2.24, 2.45) is 0 Å². The molecule has 0 saturated carbocycles. The molecule has 0 unspecified atom stereocenters. The topological polar surface area (TPSA) is 258 Å². The van der Waals surface area contributed by atoms with E-state index in [9.17, 15) is 58.8 Å². The first-order valence-electron chi connectivity index (χ1n) is 24.2. The Balaban J connectivity index is 0.862.